The summed E-state index contributed by atoms with van der Waals surface area (Å²) in [5.74, 6) is 0.166. The van der Waals surface area contributed by atoms with E-state index in [0.29, 0.717) is 24.8 Å². The summed E-state index contributed by atoms with van der Waals surface area (Å²) in [6, 6.07) is 7.25. The molecule has 3 saturated carbocycles. The second kappa shape index (κ2) is 6.77. The highest BCUT2D eigenvalue weighted by Gasteiger charge is 2.69. The number of fused-ring (bicyclic) bond motifs is 1. The second-order valence-corrected chi connectivity index (χ2v) is 8.87. The van der Waals surface area contributed by atoms with Crippen molar-refractivity contribution >= 4 is 17.5 Å². The zero-order valence-electron chi connectivity index (χ0n) is 16.8. The van der Waals surface area contributed by atoms with Crippen molar-refractivity contribution in [2.24, 2.45) is 10.8 Å². The molecule has 4 atom stereocenters. The minimum Gasteiger partial charge on any atom is -0.434 e. The predicted molar refractivity (Wildman–Crippen MR) is 103 cm³/mol. The van der Waals surface area contributed by atoms with Crippen LogP contribution in [0.2, 0.25) is 0 Å². The third-order valence-corrected chi connectivity index (χ3v) is 6.73. The molecule has 3 heterocycles. The first kappa shape index (κ1) is 20.5. The number of nitrogens with two attached hydrogens (primary N) is 1. The van der Waals surface area contributed by atoms with E-state index in [9.17, 15) is 20.3 Å². The fourth-order valence-electron chi connectivity index (χ4n) is 5.22. The van der Waals surface area contributed by atoms with Crippen molar-refractivity contribution in [1.82, 2.24) is 14.6 Å². The van der Waals surface area contributed by atoms with E-state index >= 15 is 0 Å². The number of carbonyl (C=O) groups is 1. The van der Waals surface area contributed by atoms with Gasteiger partial charge in [-0.25, -0.2) is 14.3 Å². The zero-order chi connectivity index (χ0) is 22.7. The second-order valence-electron chi connectivity index (χ2n) is 8.87. The van der Waals surface area contributed by atoms with Crippen LogP contribution in [0, 0.1) is 33.5 Å². The lowest BCUT2D eigenvalue weighted by Crippen LogP contribution is -2.63. The first-order valence-corrected chi connectivity index (χ1v) is 10.0. The third-order valence-electron chi connectivity index (χ3n) is 6.73. The number of aromatic nitrogens is 3. The predicted octanol–water partition coefficient (Wildman–Crippen LogP) is -0.00194. The van der Waals surface area contributed by atoms with Crippen molar-refractivity contribution in [1.29, 1.82) is 10.5 Å². The summed E-state index contributed by atoms with van der Waals surface area (Å²) in [6.45, 7) is -0.276. The van der Waals surface area contributed by atoms with Crippen molar-refractivity contribution in [2.75, 3.05) is 18.9 Å². The van der Waals surface area contributed by atoms with Gasteiger partial charge in [0, 0.05) is 5.41 Å². The minimum absolute atomic E-state index is 0.135. The number of aliphatic hydroxyl groups is 2. The van der Waals surface area contributed by atoms with Gasteiger partial charge in [-0.2, -0.15) is 15.6 Å². The van der Waals surface area contributed by atoms with Crippen LogP contribution in [0.5, 0.6) is 0 Å². The Balaban J connectivity index is 1.24. The quantitative estimate of drug-likeness (QED) is 0.530. The molecular formula is C20H20N6O6. The number of rotatable bonds is 5. The number of nitrogen functional groups attached to an aromatic ring is 1. The highest BCUT2D eigenvalue weighted by Crippen LogP contribution is 2.73. The summed E-state index contributed by atoms with van der Waals surface area (Å²) >= 11 is 0. The Hall–Kier alpha value is -3.45. The molecule has 1 saturated heterocycles. The molecular weight excluding hydrogens is 420 g/mol. The molecule has 0 aromatic carbocycles. The maximum Gasteiger partial charge on any atom is 0.508 e. The van der Waals surface area contributed by atoms with Gasteiger partial charge < -0.3 is 30.2 Å². The number of anilines is 1. The Bertz CT molecular complexity index is 1160. The van der Waals surface area contributed by atoms with Crippen LogP contribution in [-0.2, 0) is 19.8 Å². The van der Waals surface area contributed by atoms with Crippen molar-refractivity contribution in [3.63, 3.8) is 0 Å². The molecule has 3 aliphatic carbocycles. The lowest BCUT2D eigenvalue weighted by Gasteiger charge is -2.66. The molecule has 0 radical (unpaired) electrons. The van der Waals surface area contributed by atoms with Crippen molar-refractivity contribution in [3.8, 4) is 12.1 Å². The number of nitriles is 2. The molecule has 12 nitrogen and oxygen atoms in total. The standard InChI is InChI=1S/C20H20N6O6/c21-7-18-4-19(5-18,6-18)9-31-17(29)30-3-12-14(27)15(28)20(8-22,32-12)13-2-1-11-16(23)24-10-25-26(11)13/h1-2,10,12,14-15,27-28H,3-6,9H2,(H2,23,24,25)/t12-,14-,15-,18?,19?,20?/m1/s1. The molecule has 0 amide bonds. The van der Waals surface area contributed by atoms with Crippen LogP contribution in [0.15, 0.2) is 18.5 Å². The van der Waals surface area contributed by atoms with Crippen LogP contribution in [0.3, 0.4) is 0 Å². The zero-order valence-corrected chi connectivity index (χ0v) is 16.8. The topological polar surface area (TPSA) is 189 Å². The van der Waals surface area contributed by atoms with E-state index in [4.69, 9.17) is 25.2 Å². The van der Waals surface area contributed by atoms with E-state index in [-0.39, 0.29) is 28.9 Å². The van der Waals surface area contributed by atoms with Crippen molar-refractivity contribution in [2.45, 2.75) is 43.2 Å². The fourth-order valence-corrected chi connectivity index (χ4v) is 5.22. The van der Waals surface area contributed by atoms with E-state index < -0.39 is 36.7 Å². The summed E-state index contributed by atoms with van der Waals surface area (Å²) in [5.41, 5.74) is 4.02. The molecule has 12 heteroatoms. The third kappa shape index (κ3) is 2.74. The number of ether oxygens (including phenoxy) is 3. The maximum absolute atomic E-state index is 12.0. The monoisotopic (exact) mass is 440 g/mol. The van der Waals surface area contributed by atoms with E-state index in [2.05, 4.69) is 16.2 Å². The van der Waals surface area contributed by atoms with Gasteiger partial charge in [0.05, 0.1) is 17.2 Å². The molecule has 4 fully saturated rings. The average Bonchev–Trinajstić information content (AvgIpc) is 3.27. The molecule has 2 aromatic heterocycles. The molecule has 4 aliphatic rings. The maximum atomic E-state index is 12.0. The van der Waals surface area contributed by atoms with Gasteiger partial charge >= 0.3 is 6.16 Å². The summed E-state index contributed by atoms with van der Waals surface area (Å²) < 4.78 is 17.2. The molecule has 2 bridgehead atoms. The highest BCUT2D eigenvalue weighted by molar-refractivity contribution is 5.66. The van der Waals surface area contributed by atoms with Crippen molar-refractivity contribution in [3.05, 3.63) is 24.2 Å². The molecule has 166 valence electrons. The van der Waals surface area contributed by atoms with Gasteiger partial charge in [0.15, 0.2) is 5.82 Å². The number of nitrogens with zero attached hydrogens (tertiary/aromatic N) is 5. The highest BCUT2D eigenvalue weighted by atomic mass is 16.7. The first-order chi connectivity index (χ1) is 15.3. The molecule has 2 aromatic rings. The fraction of sp³-hybridized carbons (Fsp3) is 0.550. The Labute approximate surface area is 181 Å². The van der Waals surface area contributed by atoms with E-state index in [1.165, 1.54) is 16.9 Å². The largest absolute Gasteiger partial charge is 0.508 e. The van der Waals surface area contributed by atoms with Crippen LogP contribution < -0.4 is 5.73 Å². The number of aliphatic hydroxyl groups excluding tert-OH is 2. The van der Waals surface area contributed by atoms with Gasteiger partial charge in [-0.15, -0.1) is 0 Å². The van der Waals surface area contributed by atoms with Gasteiger partial charge in [-0.3, -0.25) is 0 Å². The number of carbonyl (C=O) groups excluding carboxylic acids is 1. The van der Waals surface area contributed by atoms with Crippen LogP contribution >= 0.6 is 0 Å². The Morgan fingerprint density at radius 3 is 2.72 bits per heavy atom. The molecule has 0 spiro atoms. The van der Waals surface area contributed by atoms with E-state index in [1.807, 2.05) is 6.07 Å². The van der Waals surface area contributed by atoms with Crippen molar-refractivity contribution < 1.29 is 29.2 Å². The summed E-state index contributed by atoms with van der Waals surface area (Å²) in [4.78, 5) is 15.9. The lowest BCUT2D eigenvalue weighted by molar-refractivity contribution is -0.191. The van der Waals surface area contributed by atoms with Crippen LogP contribution in [0.1, 0.15) is 25.0 Å². The lowest BCUT2D eigenvalue weighted by atomic mass is 9.36. The Kier molecular flexibility index (Phi) is 4.33. The van der Waals surface area contributed by atoms with Gasteiger partial charge in [0.25, 0.3) is 0 Å². The van der Waals surface area contributed by atoms with Gasteiger partial charge in [0.1, 0.15) is 49.4 Å². The number of hydrogen-bond acceptors (Lipinski definition) is 11. The van der Waals surface area contributed by atoms with E-state index in [0.717, 1.165) is 0 Å². The van der Waals surface area contributed by atoms with E-state index in [1.54, 1.807) is 6.07 Å². The number of hydrogen-bond donors (Lipinski definition) is 3. The molecule has 1 unspecified atom stereocenters. The normalized spacial score (nSPS) is 37.1. The van der Waals surface area contributed by atoms with Gasteiger partial charge in [-0.05, 0) is 31.4 Å². The summed E-state index contributed by atoms with van der Waals surface area (Å²) in [5, 5.41) is 44.1. The van der Waals surface area contributed by atoms with Gasteiger partial charge in [0.2, 0.25) is 5.60 Å². The van der Waals surface area contributed by atoms with Crippen LogP contribution in [0.4, 0.5) is 10.6 Å². The first-order valence-electron chi connectivity index (χ1n) is 10.0. The summed E-state index contributed by atoms with van der Waals surface area (Å²) in [6.07, 6.45) is -1.96. The molecule has 32 heavy (non-hydrogen) atoms. The Morgan fingerprint density at radius 1 is 1.28 bits per heavy atom. The van der Waals surface area contributed by atoms with Crippen LogP contribution in [-0.4, -0.2) is 62.5 Å². The van der Waals surface area contributed by atoms with Gasteiger partial charge in [-0.1, -0.05) is 0 Å². The molecule has 1 aliphatic heterocycles. The molecule has 6 rings (SSSR count). The summed E-state index contributed by atoms with van der Waals surface area (Å²) in [7, 11) is 0. The average molecular weight is 440 g/mol. The minimum atomic E-state index is -1.97. The smallest absolute Gasteiger partial charge is 0.434 e. The molecule has 4 N–H and O–H groups in total. The van der Waals surface area contributed by atoms with Crippen LogP contribution in [0.25, 0.3) is 5.52 Å². The SMILES string of the molecule is N#CC12CC(COC(=O)OC[C@H]3OC(C#N)(c4ccc5c(N)ncnn45)[C@H](O)[C@@H]3O)(C1)C2. The Morgan fingerprint density at radius 2 is 2.03 bits per heavy atom.